The molecule has 0 aliphatic carbocycles. The van der Waals surface area contributed by atoms with Crippen molar-refractivity contribution in [2.45, 2.75) is 19.4 Å². The van der Waals surface area contributed by atoms with Gasteiger partial charge in [-0.25, -0.2) is 14.4 Å². The van der Waals surface area contributed by atoms with Crippen LogP contribution in [0.1, 0.15) is 28.7 Å². The number of aliphatic imine (C=N–C) groups is 1. The fourth-order valence-electron chi connectivity index (χ4n) is 5.55. The van der Waals surface area contributed by atoms with Crippen LogP contribution in [0.2, 0.25) is 5.02 Å². The highest BCUT2D eigenvalue weighted by molar-refractivity contribution is 6.31. The maximum absolute atomic E-state index is 14.8. The first-order valence-corrected chi connectivity index (χ1v) is 15.3. The van der Waals surface area contributed by atoms with Gasteiger partial charge in [0.15, 0.2) is 0 Å². The molecule has 4 aromatic rings. The van der Waals surface area contributed by atoms with Crippen molar-refractivity contribution in [2.75, 3.05) is 51.6 Å². The van der Waals surface area contributed by atoms with Gasteiger partial charge in [-0.2, -0.15) is 0 Å². The lowest BCUT2D eigenvalue weighted by Crippen LogP contribution is -2.45. The summed E-state index contributed by atoms with van der Waals surface area (Å²) in [6, 6.07) is 19.8. The summed E-state index contributed by atoms with van der Waals surface area (Å²) in [4.78, 5) is 31.4. The molecule has 226 valence electrons. The fraction of sp³-hybridized carbons (Fsp3) is 0.294. The summed E-state index contributed by atoms with van der Waals surface area (Å²) in [5.41, 5.74) is 5.73. The first-order chi connectivity index (χ1) is 21.4. The van der Waals surface area contributed by atoms with Crippen LogP contribution >= 0.6 is 11.6 Å². The summed E-state index contributed by atoms with van der Waals surface area (Å²) >= 11 is 6.38. The molecule has 0 atom stereocenters. The average molecular weight is 612 g/mol. The molecule has 1 amide bonds. The minimum absolute atomic E-state index is 0.0221. The Labute approximate surface area is 262 Å². The zero-order valence-electron chi connectivity index (χ0n) is 24.7. The lowest BCUT2D eigenvalue weighted by Gasteiger charge is -2.32. The second-order valence-corrected chi connectivity index (χ2v) is 11.7. The van der Waals surface area contributed by atoms with Crippen LogP contribution in [-0.4, -0.2) is 77.7 Å². The van der Waals surface area contributed by atoms with Crippen molar-refractivity contribution in [1.29, 1.82) is 0 Å². The van der Waals surface area contributed by atoms with Crippen LogP contribution in [0.25, 0.3) is 11.3 Å². The molecule has 1 aromatic heterocycles. The van der Waals surface area contributed by atoms with Crippen LogP contribution < -0.4 is 10.6 Å². The van der Waals surface area contributed by atoms with E-state index >= 15 is 0 Å². The summed E-state index contributed by atoms with van der Waals surface area (Å²) in [5, 5.41) is 6.85. The third-order valence-corrected chi connectivity index (χ3v) is 8.27. The third kappa shape index (κ3) is 7.13. The van der Waals surface area contributed by atoms with Crippen molar-refractivity contribution in [2.24, 2.45) is 4.99 Å². The predicted molar refractivity (Wildman–Crippen MR) is 173 cm³/mol. The number of aromatic nitrogens is 2. The maximum atomic E-state index is 14.8. The minimum atomic E-state index is -0.348. The van der Waals surface area contributed by atoms with E-state index in [-0.39, 0.29) is 11.7 Å². The van der Waals surface area contributed by atoms with E-state index in [1.165, 1.54) is 6.07 Å². The SMILES string of the molecule is CN1CCN(CCCNC(=O)Cc2ccc(Nc3ncc4c(n3)-c3ccc(Cl)cc3C(c3ccccc3F)=NC4)cc2)CC1. The molecule has 2 aliphatic rings. The Morgan fingerprint density at radius 1 is 0.977 bits per heavy atom. The van der Waals surface area contributed by atoms with Gasteiger partial charge in [0.25, 0.3) is 0 Å². The summed E-state index contributed by atoms with van der Waals surface area (Å²) in [6.45, 7) is 6.39. The Morgan fingerprint density at radius 2 is 1.77 bits per heavy atom. The van der Waals surface area contributed by atoms with Gasteiger partial charge in [0.2, 0.25) is 11.9 Å². The molecule has 0 radical (unpaired) electrons. The standard InChI is InChI=1S/C34H35ClFN7O/c1-42-15-17-43(18-16-42)14-4-13-37-31(44)19-23-7-10-26(11-8-23)40-34-39-22-24-21-38-33(28-5-2-3-6-30(28)36)29-20-25(35)9-12-27(29)32(24)41-34/h2-3,5-12,20,22H,4,13-19,21H2,1H3,(H,37,44)(H,39,40,41). The lowest BCUT2D eigenvalue weighted by molar-refractivity contribution is -0.120. The Bertz CT molecular complexity index is 1670. The van der Waals surface area contributed by atoms with Crippen LogP contribution in [-0.2, 0) is 17.8 Å². The summed E-state index contributed by atoms with van der Waals surface area (Å²) in [6.07, 6.45) is 3.03. The molecule has 1 fully saturated rings. The van der Waals surface area contributed by atoms with E-state index in [4.69, 9.17) is 21.6 Å². The molecule has 0 bridgehead atoms. The lowest BCUT2D eigenvalue weighted by atomic mass is 9.95. The molecule has 2 N–H and O–H groups in total. The number of piperazine rings is 1. The van der Waals surface area contributed by atoms with E-state index in [0.29, 0.717) is 53.0 Å². The van der Waals surface area contributed by atoms with E-state index in [2.05, 4.69) is 32.5 Å². The predicted octanol–water partition coefficient (Wildman–Crippen LogP) is 5.33. The Balaban J connectivity index is 1.09. The number of carbonyl (C=O) groups excluding carboxylic acids is 1. The molecule has 3 heterocycles. The van der Waals surface area contributed by atoms with E-state index in [1.54, 1.807) is 36.5 Å². The molecule has 6 rings (SSSR count). The van der Waals surface area contributed by atoms with E-state index < -0.39 is 0 Å². The summed E-state index contributed by atoms with van der Waals surface area (Å²) in [7, 11) is 2.15. The molecule has 3 aromatic carbocycles. The summed E-state index contributed by atoms with van der Waals surface area (Å²) in [5.74, 6) is 0.0949. The molecule has 2 aliphatic heterocycles. The van der Waals surface area contributed by atoms with Gasteiger partial charge in [-0.1, -0.05) is 41.9 Å². The van der Waals surface area contributed by atoms with Crippen molar-refractivity contribution in [3.05, 3.63) is 106 Å². The Kier molecular flexibility index (Phi) is 9.26. The Morgan fingerprint density at radius 3 is 2.57 bits per heavy atom. The second-order valence-electron chi connectivity index (χ2n) is 11.2. The van der Waals surface area contributed by atoms with Crippen LogP contribution in [0, 0.1) is 5.82 Å². The number of likely N-dealkylation sites (N-methyl/N-ethyl adjacent to an activating group) is 1. The van der Waals surface area contributed by atoms with Crippen LogP contribution in [0.4, 0.5) is 16.0 Å². The highest BCUT2D eigenvalue weighted by atomic mass is 35.5. The number of halogens is 2. The summed E-state index contributed by atoms with van der Waals surface area (Å²) < 4.78 is 14.8. The zero-order chi connectivity index (χ0) is 30.5. The van der Waals surface area contributed by atoms with Gasteiger partial charge in [0, 0.05) is 71.9 Å². The first-order valence-electron chi connectivity index (χ1n) is 14.9. The van der Waals surface area contributed by atoms with Gasteiger partial charge in [0.05, 0.1) is 24.4 Å². The van der Waals surface area contributed by atoms with Gasteiger partial charge < -0.3 is 20.4 Å². The smallest absolute Gasteiger partial charge is 0.227 e. The normalized spacial score (nSPS) is 15.1. The van der Waals surface area contributed by atoms with Gasteiger partial charge in [0.1, 0.15) is 5.82 Å². The second kappa shape index (κ2) is 13.6. The quantitative estimate of drug-likeness (QED) is 0.249. The Hall–Kier alpha value is -4.18. The van der Waals surface area contributed by atoms with Crippen molar-refractivity contribution >= 4 is 34.9 Å². The highest BCUT2D eigenvalue weighted by Crippen LogP contribution is 2.34. The number of hydrogen-bond donors (Lipinski definition) is 2. The molecule has 0 spiro atoms. The molecule has 44 heavy (non-hydrogen) atoms. The fourth-order valence-corrected chi connectivity index (χ4v) is 5.72. The highest BCUT2D eigenvalue weighted by Gasteiger charge is 2.23. The zero-order valence-corrected chi connectivity index (χ0v) is 25.4. The minimum Gasteiger partial charge on any atom is -0.356 e. The van der Waals surface area contributed by atoms with Crippen LogP contribution in [0.3, 0.4) is 0 Å². The number of nitrogens with zero attached hydrogens (tertiary/aromatic N) is 5. The van der Waals surface area contributed by atoms with Crippen molar-refractivity contribution < 1.29 is 9.18 Å². The third-order valence-electron chi connectivity index (χ3n) is 8.04. The molecule has 8 nitrogen and oxygen atoms in total. The van der Waals surface area contributed by atoms with Crippen molar-refractivity contribution in [1.82, 2.24) is 25.1 Å². The number of carbonyl (C=O) groups is 1. The largest absolute Gasteiger partial charge is 0.356 e. The van der Waals surface area contributed by atoms with Crippen molar-refractivity contribution in [3.8, 4) is 11.3 Å². The van der Waals surface area contributed by atoms with Crippen molar-refractivity contribution in [3.63, 3.8) is 0 Å². The number of amides is 1. The van der Waals surface area contributed by atoms with Gasteiger partial charge in [-0.05, 0) is 62.0 Å². The molecular formula is C34H35ClFN7O. The van der Waals surface area contributed by atoms with Gasteiger partial charge >= 0.3 is 0 Å². The van der Waals surface area contributed by atoms with E-state index in [0.717, 1.165) is 61.5 Å². The van der Waals surface area contributed by atoms with Gasteiger partial charge in [-0.15, -0.1) is 0 Å². The average Bonchev–Trinajstić information content (AvgIpc) is 3.18. The first kappa shape index (κ1) is 29.9. The molecule has 10 heteroatoms. The maximum Gasteiger partial charge on any atom is 0.227 e. The van der Waals surface area contributed by atoms with Crippen LogP contribution in [0.5, 0.6) is 0 Å². The number of benzene rings is 3. The molecule has 0 saturated carbocycles. The molecular weight excluding hydrogens is 577 g/mol. The molecule has 1 saturated heterocycles. The number of anilines is 2. The number of hydrogen-bond acceptors (Lipinski definition) is 7. The monoisotopic (exact) mass is 611 g/mol. The van der Waals surface area contributed by atoms with Gasteiger partial charge in [-0.3, -0.25) is 9.79 Å². The topological polar surface area (TPSA) is 85.8 Å². The van der Waals surface area contributed by atoms with E-state index in [9.17, 15) is 9.18 Å². The van der Waals surface area contributed by atoms with E-state index in [1.807, 2.05) is 30.3 Å². The number of fused-ring (bicyclic) bond motifs is 3. The van der Waals surface area contributed by atoms with Crippen LogP contribution in [0.15, 0.2) is 77.9 Å². The number of nitrogens with one attached hydrogen (secondary N) is 2. The molecule has 0 unspecified atom stereocenters. The number of rotatable bonds is 9.